The van der Waals surface area contributed by atoms with E-state index in [0.29, 0.717) is 12.1 Å². The maximum atomic E-state index is 10.6. The van der Waals surface area contributed by atoms with Crippen molar-refractivity contribution in [2.75, 3.05) is 13.1 Å². The molecule has 146 valence electrons. The van der Waals surface area contributed by atoms with Crippen molar-refractivity contribution in [1.29, 1.82) is 0 Å². The molecule has 8 bridgehead atoms. The molecule has 3 nitrogen and oxygen atoms in total. The van der Waals surface area contributed by atoms with Crippen LogP contribution in [0.2, 0.25) is 0 Å². The number of hydrogen-bond donors (Lipinski definition) is 3. The Morgan fingerprint density at radius 1 is 0.538 bits per heavy atom. The summed E-state index contributed by atoms with van der Waals surface area (Å²) >= 11 is 0. The van der Waals surface area contributed by atoms with Gasteiger partial charge in [-0.3, -0.25) is 0 Å². The summed E-state index contributed by atoms with van der Waals surface area (Å²) in [4.78, 5) is 0. The molecule has 0 saturated heterocycles. The summed E-state index contributed by atoms with van der Waals surface area (Å²) in [6.07, 6.45) is 14.6. The van der Waals surface area contributed by atoms with Gasteiger partial charge in [-0.25, -0.2) is 0 Å². The van der Waals surface area contributed by atoms with E-state index in [1.807, 2.05) is 0 Å². The van der Waals surface area contributed by atoms with Gasteiger partial charge in [0.25, 0.3) is 0 Å². The van der Waals surface area contributed by atoms with Crippen LogP contribution in [0.25, 0.3) is 0 Å². The quantitative estimate of drug-likeness (QED) is 0.683. The van der Waals surface area contributed by atoms with Crippen LogP contribution in [0.4, 0.5) is 0 Å². The van der Waals surface area contributed by atoms with E-state index in [1.54, 1.807) is 0 Å². The molecule has 0 atom stereocenters. The third-order valence-electron chi connectivity index (χ3n) is 9.63. The topological polar surface area (TPSA) is 44.3 Å². The van der Waals surface area contributed by atoms with Gasteiger partial charge in [-0.05, 0) is 112 Å². The summed E-state index contributed by atoms with van der Waals surface area (Å²) in [5.41, 5.74) is 0. The molecule has 0 heterocycles. The third-order valence-corrected chi connectivity index (χ3v) is 9.63. The number of aliphatic hydroxyl groups is 1. The van der Waals surface area contributed by atoms with Crippen molar-refractivity contribution >= 4 is 0 Å². The summed E-state index contributed by atoms with van der Waals surface area (Å²) in [6, 6.07) is 1.41. The van der Waals surface area contributed by atoms with E-state index in [4.69, 9.17) is 0 Å². The van der Waals surface area contributed by atoms with E-state index in [1.165, 1.54) is 64.2 Å². The Labute approximate surface area is 159 Å². The van der Waals surface area contributed by atoms with E-state index < -0.39 is 0 Å². The molecule has 0 aliphatic heterocycles. The molecule has 0 spiro atoms. The highest BCUT2D eigenvalue weighted by molar-refractivity contribution is 5.03. The number of hydrogen-bond acceptors (Lipinski definition) is 3. The first kappa shape index (κ1) is 16.8. The highest BCUT2D eigenvalue weighted by atomic mass is 16.3. The van der Waals surface area contributed by atoms with Gasteiger partial charge in [0.1, 0.15) is 0 Å². The molecule has 0 aromatic rings. The van der Waals surface area contributed by atoms with Gasteiger partial charge in [-0.2, -0.15) is 0 Å². The predicted octanol–water partition coefficient (Wildman–Crippen LogP) is 3.18. The minimum atomic E-state index is -0.218. The van der Waals surface area contributed by atoms with Crippen molar-refractivity contribution in [2.45, 2.75) is 82.4 Å². The summed E-state index contributed by atoms with van der Waals surface area (Å²) in [5.74, 6) is 7.81. The number of aliphatic hydroxyl groups excluding tert-OH is 1. The van der Waals surface area contributed by atoms with Gasteiger partial charge in [0.15, 0.2) is 0 Å². The molecule has 0 radical (unpaired) electrons. The molecule has 26 heavy (non-hydrogen) atoms. The molecule has 3 heteroatoms. The molecule has 3 N–H and O–H groups in total. The largest absolute Gasteiger partial charge is 0.390 e. The fourth-order valence-electron chi connectivity index (χ4n) is 9.13. The molecule has 8 rings (SSSR count). The van der Waals surface area contributed by atoms with Gasteiger partial charge in [-0.1, -0.05) is 0 Å². The zero-order valence-corrected chi connectivity index (χ0v) is 16.3. The Hall–Kier alpha value is -0.120. The first-order chi connectivity index (χ1) is 12.7. The first-order valence-corrected chi connectivity index (χ1v) is 11.9. The van der Waals surface area contributed by atoms with Crippen molar-refractivity contribution < 1.29 is 5.11 Å². The average Bonchev–Trinajstić information content (AvgIpc) is 2.59. The van der Waals surface area contributed by atoms with Gasteiger partial charge in [0, 0.05) is 25.2 Å². The van der Waals surface area contributed by atoms with Crippen LogP contribution in [0.5, 0.6) is 0 Å². The molecule has 8 saturated carbocycles. The van der Waals surface area contributed by atoms with Gasteiger partial charge in [0.2, 0.25) is 0 Å². The summed E-state index contributed by atoms with van der Waals surface area (Å²) in [5, 5.41) is 18.3. The lowest BCUT2D eigenvalue weighted by Crippen LogP contribution is -2.58. The fraction of sp³-hybridized carbons (Fsp3) is 1.00. The molecule has 8 fully saturated rings. The Balaban J connectivity index is 0.993. The van der Waals surface area contributed by atoms with Gasteiger partial charge < -0.3 is 15.7 Å². The van der Waals surface area contributed by atoms with Crippen molar-refractivity contribution in [3.8, 4) is 0 Å². The number of rotatable bonds is 6. The van der Waals surface area contributed by atoms with Crippen LogP contribution in [0.15, 0.2) is 0 Å². The van der Waals surface area contributed by atoms with Crippen molar-refractivity contribution in [3.63, 3.8) is 0 Å². The average molecular weight is 359 g/mol. The van der Waals surface area contributed by atoms with Crippen LogP contribution >= 0.6 is 0 Å². The molecule has 0 aromatic carbocycles. The molecular formula is C23H38N2O. The SMILES string of the molecule is OC(CNC1C2CC3CC(C2)CC1C3)CNC1C2CC3CC(C2)CC1C3. The van der Waals surface area contributed by atoms with Crippen LogP contribution in [0.1, 0.15) is 64.2 Å². The molecular weight excluding hydrogens is 320 g/mol. The first-order valence-electron chi connectivity index (χ1n) is 11.9. The van der Waals surface area contributed by atoms with Gasteiger partial charge in [-0.15, -0.1) is 0 Å². The maximum absolute atomic E-state index is 10.6. The molecule has 0 amide bonds. The van der Waals surface area contributed by atoms with Crippen molar-refractivity contribution in [1.82, 2.24) is 10.6 Å². The second kappa shape index (κ2) is 6.46. The monoisotopic (exact) mass is 358 g/mol. The Morgan fingerprint density at radius 2 is 0.846 bits per heavy atom. The van der Waals surface area contributed by atoms with E-state index >= 15 is 0 Å². The highest BCUT2D eigenvalue weighted by Gasteiger charge is 2.49. The Morgan fingerprint density at radius 3 is 1.15 bits per heavy atom. The molecule has 0 aromatic heterocycles. The van der Waals surface area contributed by atoms with E-state index in [2.05, 4.69) is 10.6 Å². The van der Waals surface area contributed by atoms with E-state index in [-0.39, 0.29) is 6.10 Å². The minimum Gasteiger partial charge on any atom is -0.390 e. The maximum Gasteiger partial charge on any atom is 0.0788 e. The lowest BCUT2D eigenvalue weighted by molar-refractivity contribution is -0.0229. The summed E-state index contributed by atoms with van der Waals surface area (Å²) in [6.45, 7) is 1.60. The lowest BCUT2D eigenvalue weighted by Gasteiger charge is -2.55. The summed E-state index contributed by atoms with van der Waals surface area (Å²) < 4.78 is 0. The Bertz CT molecular complexity index is 432. The van der Waals surface area contributed by atoms with Crippen molar-refractivity contribution in [2.24, 2.45) is 47.3 Å². The predicted molar refractivity (Wildman–Crippen MR) is 104 cm³/mol. The third kappa shape index (κ3) is 2.88. The van der Waals surface area contributed by atoms with Crippen LogP contribution in [0, 0.1) is 47.3 Å². The van der Waals surface area contributed by atoms with Crippen LogP contribution in [-0.2, 0) is 0 Å². The fourth-order valence-corrected chi connectivity index (χ4v) is 9.13. The standard InChI is InChI=1S/C23H38N2O/c26-21(11-24-22-17-3-13-1-14(5-17)6-18(22)4-13)12-25-23-19-7-15-2-16(9-19)10-20(23)8-15/h13-26H,1-12H2. The second-order valence-corrected chi connectivity index (χ2v) is 11.4. The molecule has 8 aliphatic carbocycles. The van der Waals surface area contributed by atoms with Gasteiger partial charge >= 0.3 is 0 Å². The Kier molecular flexibility index (Phi) is 4.17. The van der Waals surface area contributed by atoms with Gasteiger partial charge in [0.05, 0.1) is 6.10 Å². The molecule has 0 unspecified atom stereocenters. The lowest BCUT2D eigenvalue weighted by atomic mass is 9.54. The smallest absolute Gasteiger partial charge is 0.0788 e. The summed E-state index contributed by atoms with van der Waals surface area (Å²) in [7, 11) is 0. The second-order valence-electron chi connectivity index (χ2n) is 11.4. The van der Waals surface area contributed by atoms with Crippen LogP contribution in [0.3, 0.4) is 0 Å². The number of nitrogens with one attached hydrogen (secondary N) is 2. The zero-order chi connectivity index (χ0) is 17.3. The normalized spacial score (nSPS) is 54.8. The van der Waals surface area contributed by atoms with E-state index in [0.717, 1.165) is 60.4 Å². The van der Waals surface area contributed by atoms with Crippen LogP contribution in [-0.4, -0.2) is 36.4 Å². The highest BCUT2D eigenvalue weighted by Crippen LogP contribution is 2.54. The molecule has 8 aliphatic rings. The van der Waals surface area contributed by atoms with Crippen LogP contribution < -0.4 is 10.6 Å². The minimum absolute atomic E-state index is 0.218. The van der Waals surface area contributed by atoms with E-state index in [9.17, 15) is 5.11 Å². The zero-order valence-electron chi connectivity index (χ0n) is 16.3. The van der Waals surface area contributed by atoms with Crippen molar-refractivity contribution in [3.05, 3.63) is 0 Å².